The van der Waals surface area contributed by atoms with Crippen LogP contribution >= 0.6 is 0 Å². The fraction of sp³-hybridized carbons (Fsp3) is 0.212. The monoisotopic (exact) mass is 1370 g/mol. The summed E-state index contributed by atoms with van der Waals surface area (Å²) in [5.41, 5.74) is 41.9. The van der Waals surface area contributed by atoms with E-state index in [1.807, 2.05) is 18.2 Å². The van der Waals surface area contributed by atoms with Crippen molar-refractivity contribution in [3.63, 3.8) is 0 Å². The Labute approximate surface area is 625 Å². The molecule has 0 unspecified atom stereocenters. The summed E-state index contributed by atoms with van der Waals surface area (Å²) < 4.78 is 0. The first-order valence-electron chi connectivity index (χ1n) is 36.5. The van der Waals surface area contributed by atoms with Crippen molar-refractivity contribution >= 4 is 56.9 Å². The number of aryl methyl sites for hydroxylation is 6. The number of benzene rings is 13. The van der Waals surface area contributed by atoms with E-state index in [-0.39, 0.29) is 0 Å². The van der Waals surface area contributed by atoms with Crippen molar-refractivity contribution in [2.75, 3.05) is 59.7 Å². The number of anilines is 10. The summed E-state index contributed by atoms with van der Waals surface area (Å²) in [6.45, 7) is 35.3. The molecule has 13 aromatic rings. The van der Waals surface area contributed by atoms with Crippen molar-refractivity contribution in [2.24, 2.45) is 0 Å². The lowest BCUT2D eigenvalue weighted by Gasteiger charge is -2.27. The largest absolute Gasteiger partial charge is 0.345 e. The molecule has 0 amide bonds. The average molecular weight is 1370 g/mol. The van der Waals surface area contributed by atoms with Crippen molar-refractivity contribution in [3.05, 3.63) is 368 Å². The van der Waals surface area contributed by atoms with E-state index >= 15 is 0 Å². The van der Waals surface area contributed by atoms with E-state index in [1.54, 1.807) is 0 Å². The summed E-state index contributed by atoms with van der Waals surface area (Å²) in [6, 6.07) is 98.1. The van der Waals surface area contributed by atoms with Gasteiger partial charge >= 0.3 is 0 Å². The number of hydrogen-bond donors (Lipinski definition) is 0. The summed E-state index contributed by atoms with van der Waals surface area (Å²) in [5, 5.41) is 0. The van der Waals surface area contributed by atoms with Crippen LogP contribution in [0.15, 0.2) is 279 Å². The number of rotatable bonds is 13. The molecule has 0 radical (unpaired) electrons. The molecule has 0 saturated carbocycles. The highest BCUT2D eigenvalue weighted by Gasteiger charge is 2.19. The molecule has 0 aliphatic heterocycles. The highest BCUT2D eigenvalue weighted by molar-refractivity contribution is 5.78. The van der Waals surface area contributed by atoms with Gasteiger partial charge in [0.1, 0.15) is 0 Å². The average Bonchev–Trinajstić information content (AvgIpc) is 0.787. The van der Waals surface area contributed by atoms with Crippen molar-refractivity contribution in [1.29, 1.82) is 0 Å². The first-order chi connectivity index (χ1) is 49.9. The molecule has 0 N–H and O–H groups in total. The Balaban J connectivity index is 0.000000152. The fourth-order valence-corrected chi connectivity index (χ4v) is 14.5. The van der Waals surface area contributed by atoms with Gasteiger partial charge in [-0.25, -0.2) is 0 Å². The molecule has 530 valence electrons. The molecule has 104 heavy (non-hydrogen) atoms. The summed E-state index contributed by atoms with van der Waals surface area (Å²) in [7, 11) is 10.7. The third-order valence-corrected chi connectivity index (χ3v) is 21.0. The highest BCUT2D eigenvalue weighted by Crippen LogP contribution is 2.40. The highest BCUT2D eigenvalue weighted by atomic mass is 15.1. The van der Waals surface area contributed by atoms with Crippen molar-refractivity contribution in [2.45, 2.75) is 111 Å². The Morgan fingerprint density at radius 3 is 0.548 bits per heavy atom. The lowest BCUT2D eigenvalue weighted by atomic mass is 9.92. The zero-order valence-electron chi connectivity index (χ0n) is 65.8. The van der Waals surface area contributed by atoms with Gasteiger partial charge < -0.3 is 24.5 Å². The maximum atomic E-state index is 2.32. The fourth-order valence-electron chi connectivity index (χ4n) is 14.5. The summed E-state index contributed by atoms with van der Waals surface area (Å²) >= 11 is 0. The van der Waals surface area contributed by atoms with Gasteiger partial charge in [-0.1, -0.05) is 217 Å². The molecule has 0 atom stereocenters. The molecule has 0 aliphatic carbocycles. The van der Waals surface area contributed by atoms with Gasteiger partial charge in [-0.2, -0.15) is 0 Å². The van der Waals surface area contributed by atoms with E-state index in [2.05, 4.69) is 431 Å². The van der Waals surface area contributed by atoms with Crippen LogP contribution in [-0.2, 0) is 0 Å². The molecule has 0 fully saturated rings. The lowest BCUT2D eigenvalue weighted by Crippen LogP contribution is -2.14. The molecule has 0 bridgehead atoms. The SMILES string of the molecule is CN(c1ccccc1)c1ccc(-c2ccccc2)cc1.Cc1c(C)c(C)c(N(C)c2ccc(-c3ccccc3)cc2)c(C)c1C.Cc1c(C)c(C)c(N(C)c2ccccc2)c(C)c1C.Cc1cc(C)c(N(C)c2ccc(-c3ccccc3)cc2)c(C)c1.Cc1cc(C)c(N(C)c2ccccc2)c(C)c1. The normalized spacial score (nSPS) is 10.5. The minimum Gasteiger partial charge on any atom is -0.345 e. The molecule has 0 saturated heterocycles. The first-order valence-corrected chi connectivity index (χ1v) is 36.5. The molecule has 0 aliphatic rings. The van der Waals surface area contributed by atoms with Gasteiger partial charge in [0.05, 0.1) is 0 Å². The van der Waals surface area contributed by atoms with Crippen LogP contribution in [0.3, 0.4) is 0 Å². The molecule has 13 rings (SSSR count). The van der Waals surface area contributed by atoms with Crippen LogP contribution in [-0.4, -0.2) is 35.2 Å². The van der Waals surface area contributed by atoms with Gasteiger partial charge in [0.2, 0.25) is 0 Å². The standard InChI is InChI=1S/C24H27N.C22H23N.C19H17N.C18H23N.C16H19N/c1-16-17(2)19(4)24(20(5)18(16)3)25(6)23-14-12-22(13-15-23)21-10-8-7-9-11-21;1-16-14-17(2)22(18(3)15-16)23(4)21-12-10-20(11-13-21)19-8-6-5-7-9-19;1-20(18-10-6-3-7-11-18)19-14-12-17(13-15-19)16-8-4-2-5-9-16;1-12-13(2)15(4)18(16(5)14(12)3)19(6)17-10-8-7-9-11-17;1-12-10-13(2)16(14(3)11-12)17(4)15-8-6-5-7-9-15/h7-15H,1-6H3;5-15H,1-4H3;2-15H,1H3;7-11H,1-6H3;5-11H,1-4H3. The summed E-state index contributed by atoms with van der Waals surface area (Å²) in [4.78, 5) is 11.3. The minimum atomic E-state index is 1.19. The molecule has 0 spiro atoms. The smallest absolute Gasteiger partial charge is 0.0473 e. The van der Waals surface area contributed by atoms with Crippen molar-refractivity contribution in [1.82, 2.24) is 0 Å². The number of hydrogen-bond acceptors (Lipinski definition) is 5. The van der Waals surface area contributed by atoms with Gasteiger partial charge in [0.15, 0.2) is 0 Å². The zero-order valence-corrected chi connectivity index (χ0v) is 65.8. The van der Waals surface area contributed by atoms with Crippen LogP contribution < -0.4 is 24.5 Å². The summed E-state index contributed by atoms with van der Waals surface area (Å²) in [6.07, 6.45) is 0. The van der Waals surface area contributed by atoms with Crippen LogP contribution in [0.1, 0.15) is 89.0 Å². The van der Waals surface area contributed by atoms with E-state index in [4.69, 9.17) is 0 Å². The van der Waals surface area contributed by atoms with E-state index < -0.39 is 0 Å². The van der Waals surface area contributed by atoms with Crippen LogP contribution in [0, 0.1) is 111 Å². The topological polar surface area (TPSA) is 16.2 Å². The number of nitrogens with zero attached hydrogens (tertiary/aromatic N) is 5. The minimum absolute atomic E-state index is 1.19. The lowest BCUT2D eigenvalue weighted by molar-refractivity contribution is 1.10. The molecule has 0 heterocycles. The quantitative estimate of drug-likeness (QED) is 0.114. The van der Waals surface area contributed by atoms with Gasteiger partial charge in [-0.05, 0) is 295 Å². The van der Waals surface area contributed by atoms with Crippen LogP contribution in [0.4, 0.5) is 56.9 Å². The Morgan fingerprint density at radius 1 is 0.154 bits per heavy atom. The van der Waals surface area contributed by atoms with Crippen LogP contribution in [0.2, 0.25) is 0 Å². The van der Waals surface area contributed by atoms with Gasteiger partial charge in [-0.3, -0.25) is 0 Å². The van der Waals surface area contributed by atoms with Gasteiger partial charge in [-0.15, -0.1) is 0 Å². The van der Waals surface area contributed by atoms with E-state index in [0.717, 1.165) is 0 Å². The maximum Gasteiger partial charge on any atom is 0.0473 e. The first kappa shape index (κ1) is 77.0. The second-order valence-corrected chi connectivity index (χ2v) is 28.0. The zero-order chi connectivity index (χ0) is 74.9. The molecule has 5 heteroatoms. The Kier molecular flexibility index (Phi) is 26.4. The molecule has 0 aromatic heterocycles. The van der Waals surface area contributed by atoms with Gasteiger partial charge in [0, 0.05) is 92.1 Å². The third kappa shape index (κ3) is 18.6. The van der Waals surface area contributed by atoms with E-state index in [9.17, 15) is 0 Å². The Hall–Kier alpha value is -11.1. The molecule has 5 nitrogen and oxygen atoms in total. The molecule has 13 aromatic carbocycles. The second-order valence-electron chi connectivity index (χ2n) is 28.0. The maximum absolute atomic E-state index is 2.32. The van der Waals surface area contributed by atoms with E-state index in [0.29, 0.717) is 0 Å². The van der Waals surface area contributed by atoms with Gasteiger partial charge in [0.25, 0.3) is 0 Å². The van der Waals surface area contributed by atoms with Crippen molar-refractivity contribution in [3.8, 4) is 33.4 Å². The molecular formula is C99H109N5. The summed E-state index contributed by atoms with van der Waals surface area (Å²) in [5.74, 6) is 0. The van der Waals surface area contributed by atoms with Crippen LogP contribution in [0.5, 0.6) is 0 Å². The molecular weight excluding hydrogens is 1260 g/mol. The predicted molar refractivity (Wildman–Crippen MR) is 457 cm³/mol. The van der Waals surface area contributed by atoms with Crippen molar-refractivity contribution < 1.29 is 0 Å². The second kappa shape index (κ2) is 35.6. The predicted octanol–water partition coefficient (Wildman–Crippen LogP) is 27.2. The third-order valence-electron chi connectivity index (χ3n) is 21.0. The Bertz CT molecular complexity index is 4810. The van der Waals surface area contributed by atoms with E-state index in [1.165, 1.54) is 179 Å². The Morgan fingerprint density at radius 2 is 0.317 bits per heavy atom. The number of para-hydroxylation sites is 3. The van der Waals surface area contributed by atoms with Crippen LogP contribution in [0.25, 0.3) is 33.4 Å².